The smallest absolute Gasteiger partial charge is 0.164 e. The van der Waals surface area contributed by atoms with Crippen molar-refractivity contribution in [3.05, 3.63) is 285 Å². The van der Waals surface area contributed by atoms with E-state index in [1.807, 2.05) is 48.5 Å². The van der Waals surface area contributed by atoms with Gasteiger partial charge in [-0.15, -0.1) is 0 Å². The van der Waals surface area contributed by atoms with E-state index in [-0.39, 0.29) is 0 Å². The van der Waals surface area contributed by atoms with E-state index in [1.54, 1.807) is 0 Å². The second-order valence-corrected chi connectivity index (χ2v) is 18.7. The summed E-state index contributed by atoms with van der Waals surface area (Å²) in [5.41, 5.74) is 17.8. The Morgan fingerprint density at radius 2 is 0.658 bits per heavy atom. The molecule has 0 radical (unpaired) electrons. The van der Waals surface area contributed by atoms with Gasteiger partial charge in [0.1, 0.15) is 0 Å². The molecule has 11 aromatic carbocycles. The first kappa shape index (κ1) is 45.4. The van der Waals surface area contributed by atoms with Crippen LogP contribution in [-0.2, 0) is 0 Å². The van der Waals surface area contributed by atoms with Gasteiger partial charge >= 0.3 is 0 Å². The third-order valence-corrected chi connectivity index (χ3v) is 14.1. The van der Waals surface area contributed by atoms with Crippen molar-refractivity contribution in [3.63, 3.8) is 0 Å². The van der Waals surface area contributed by atoms with E-state index in [0.29, 0.717) is 23.0 Å². The molecule has 0 aliphatic rings. The van der Waals surface area contributed by atoms with Gasteiger partial charge in [-0.3, -0.25) is 0 Å². The first-order valence-corrected chi connectivity index (χ1v) is 25.4. The zero-order valence-corrected chi connectivity index (χ0v) is 41.2. The predicted molar refractivity (Wildman–Crippen MR) is 312 cm³/mol. The molecule has 0 bridgehead atoms. The van der Waals surface area contributed by atoms with Gasteiger partial charge in [0.25, 0.3) is 0 Å². The minimum atomic E-state index is 0.542. The van der Waals surface area contributed by atoms with Crippen molar-refractivity contribution in [3.8, 4) is 90.4 Å². The summed E-state index contributed by atoms with van der Waals surface area (Å²) in [4.78, 5) is 18.2. The van der Waals surface area contributed by atoms with E-state index in [4.69, 9.17) is 15.0 Å². The summed E-state index contributed by atoms with van der Waals surface area (Å²) in [7, 11) is 0. The fourth-order valence-electron chi connectivity index (χ4n) is 10.4. The number of nitriles is 1. The minimum absolute atomic E-state index is 0.542. The number of rotatable bonds is 11. The molecular weight excluding hydrogens is 925 g/mol. The number of hydrogen-bond donors (Lipinski definition) is 0. The SMILES string of the molecule is N#Cc1ccc(N(c2ccc(-n3c4ccccc4c4ccccc43)cc2)c2c(-c3ccccc3)cc(-c3nc(-c4ccc(-c5ccccc5)cc4)nc(-c4ccc(-c5ccccc5)cc4)n3)cc2-c2ccccc2)cc1. The van der Waals surface area contributed by atoms with E-state index < -0.39 is 0 Å². The summed E-state index contributed by atoms with van der Waals surface area (Å²) >= 11 is 0. The van der Waals surface area contributed by atoms with Crippen LogP contribution in [0.1, 0.15) is 5.56 Å². The Bertz CT molecular complexity index is 4010. The van der Waals surface area contributed by atoms with Crippen molar-refractivity contribution < 1.29 is 0 Å². The van der Waals surface area contributed by atoms with Crippen LogP contribution in [-0.4, -0.2) is 19.5 Å². The van der Waals surface area contributed by atoms with Crippen LogP contribution in [0.3, 0.4) is 0 Å². The fraction of sp³-hybridized carbons (Fsp3) is 0. The van der Waals surface area contributed by atoms with Gasteiger partial charge in [0.15, 0.2) is 17.5 Å². The van der Waals surface area contributed by atoms with Gasteiger partial charge in [-0.1, -0.05) is 206 Å². The van der Waals surface area contributed by atoms with Crippen LogP contribution in [0.2, 0.25) is 0 Å². The molecular formula is C70H46N6. The van der Waals surface area contributed by atoms with Crippen molar-refractivity contribution in [2.75, 3.05) is 4.90 Å². The fourth-order valence-corrected chi connectivity index (χ4v) is 10.4. The molecule has 2 heterocycles. The van der Waals surface area contributed by atoms with Crippen LogP contribution < -0.4 is 4.90 Å². The number of nitrogens with zero attached hydrogens (tertiary/aromatic N) is 6. The third kappa shape index (κ3) is 8.64. The minimum Gasteiger partial charge on any atom is -0.309 e. The first-order chi connectivity index (χ1) is 37.6. The summed E-state index contributed by atoms with van der Waals surface area (Å²) in [6, 6.07) is 99.4. The number of para-hydroxylation sites is 2. The lowest BCUT2D eigenvalue weighted by atomic mass is 9.91. The van der Waals surface area contributed by atoms with E-state index in [0.717, 1.165) is 95.0 Å². The molecule has 0 N–H and O–H groups in total. The molecule has 356 valence electrons. The molecule has 0 saturated heterocycles. The van der Waals surface area contributed by atoms with Crippen molar-refractivity contribution in [1.29, 1.82) is 5.26 Å². The van der Waals surface area contributed by atoms with Crippen LogP contribution in [0.25, 0.3) is 106 Å². The third-order valence-electron chi connectivity index (χ3n) is 14.1. The molecule has 6 nitrogen and oxygen atoms in total. The summed E-state index contributed by atoms with van der Waals surface area (Å²) < 4.78 is 2.34. The van der Waals surface area contributed by atoms with Gasteiger partial charge in [0.05, 0.1) is 28.4 Å². The first-order valence-electron chi connectivity index (χ1n) is 25.4. The lowest BCUT2D eigenvalue weighted by molar-refractivity contribution is 1.07. The molecule has 0 amide bonds. The predicted octanol–water partition coefficient (Wildman–Crippen LogP) is 18.0. The molecule has 0 spiro atoms. The molecule has 0 saturated carbocycles. The molecule has 0 aliphatic carbocycles. The second kappa shape index (κ2) is 19.8. The summed E-state index contributed by atoms with van der Waals surface area (Å²) in [6.45, 7) is 0. The molecule has 13 aromatic rings. The number of aromatic nitrogens is 4. The summed E-state index contributed by atoms with van der Waals surface area (Å²) in [5, 5.41) is 12.4. The van der Waals surface area contributed by atoms with Crippen molar-refractivity contribution >= 4 is 38.9 Å². The standard InChI is InChI=1S/C70H46N6/c71-47-48-29-39-58(40-30-48)75(59-41-43-60(44-42-59)76-65-27-15-13-25-61(65)62-26-14-16-28-66(62)76)67-63(53-21-9-3-10-22-53)45-57(46-64(67)54-23-11-4-12-24-54)70-73-68(55-35-31-51(32-36-55)49-17-5-1-6-18-49)72-69(74-70)56-37-33-52(34-38-56)50-19-7-2-8-20-50/h1-46H. The Hall–Kier alpha value is -10.5. The Morgan fingerprint density at radius 1 is 0.316 bits per heavy atom. The maximum atomic E-state index is 10.0. The van der Waals surface area contributed by atoms with Crippen molar-refractivity contribution in [2.24, 2.45) is 0 Å². The molecule has 6 heteroatoms. The highest BCUT2D eigenvalue weighted by atomic mass is 15.1. The number of hydrogen-bond acceptors (Lipinski definition) is 5. The highest BCUT2D eigenvalue weighted by molar-refractivity contribution is 6.09. The monoisotopic (exact) mass is 970 g/mol. The maximum absolute atomic E-state index is 10.0. The molecule has 13 rings (SSSR count). The second-order valence-electron chi connectivity index (χ2n) is 18.7. The zero-order chi connectivity index (χ0) is 50.8. The van der Waals surface area contributed by atoms with Crippen LogP contribution >= 0.6 is 0 Å². The van der Waals surface area contributed by atoms with Crippen LogP contribution in [0.15, 0.2) is 279 Å². The molecule has 0 aliphatic heterocycles. The van der Waals surface area contributed by atoms with Crippen molar-refractivity contribution in [2.45, 2.75) is 0 Å². The van der Waals surface area contributed by atoms with Gasteiger partial charge in [-0.25, -0.2) is 15.0 Å². The van der Waals surface area contributed by atoms with Gasteiger partial charge in [-0.05, 0) is 106 Å². The van der Waals surface area contributed by atoms with Gasteiger partial charge in [0, 0.05) is 55.7 Å². The Balaban J connectivity index is 1.03. The normalized spacial score (nSPS) is 11.1. The number of anilines is 3. The Labute approximate surface area is 441 Å². The van der Waals surface area contributed by atoms with E-state index in [1.165, 1.54) is 10.8 Å². The molecule has 0 atom stereocenters. The largest absolute Gasteiger partial charge is 0.309 e. The maximum Gasteiger partial charge on any atom is 0.164 e. The quantitative estimate of drug-likeness (QED) is 0.129. The Kier molecular flexibility index (Phi) is 11.9. The van der Waals surface area contributed by atoms with E-state index in [2.05, 4.69) is 246 Å². The number of fused-ring (bicyclic) bond motifs is 3. The zero-order valence-electron chi connectivity index (χ0n) is 41.2. The molecule has 2 aromatic heterocycles. The topological polar surface area (TPSA) is 70.6 Å². The van der Waals surface area contributed by atoms with Crippen LogP contribution in [0.5, 0.6) is 0 Å². The van der Waals surface area contributed by atoms with Gasteiger partial charge < -0.3 is 9.47 Å². The molecule has 76 heavy (non-hydrogen) atoms. The average Bonchev–Trinajstić information content (AvgIpc) is 3.86. The number of benzene rings is 11. The molecule has 0 unspecified atom stereocenters. The average molecular weight is 971 g/mol. The van der Waals surface area contributed by atoms with Gasteiger partial charge in [-0.2, -0.15) is 5.26 Å². The highest BCUT2D eigenvalue weighted by Crippen LogP contribution is 2.49. The van der Waals surface area contributed by atoms with E-state index in [9.17, 15) is 5.26 Å². The van der Waals surface area contributed by atoms with Gasteiger partial charge in [0.2, 0.25) is 0 Å². The summed E-state index contributed by atoms with van der Waals surface area (Å²) in [5.74, 6) is 1.68. The van der Waals surface area contributed by atoms with Crippen molar-refractivity contribution in [1.82, 2.24) is 19.5 Å². The summed E-state index contributed by atoms with van der Waals surface area (Å²) in [6.07, 6.45) is 0. The highest BCUT2D eigenvalue weighted by Gasteiger charge is 2.25. The lowest BCUT2D eigenvalue weighted by Crippen LogP contribution is -2.13. The Morgan fingerprint density at radius 3 is 1.08 bits per heavy atom. The van der Waals surface area contributed by atoms with E-state index >= 15 is 0 Å². The van der Waals surface area contributed by atoms with Crippen LogP contribution in [0, 0.1) is 11.3 Å². The van der Waals surface area contributed by atoms with Crippen LogP contribution in [0.4, 0.5) is 17.1 Å². The lowest BCUT2D eigenvalue weighted by Gasteiger charge is -2.31. The molecule has 0 fully saturated rings.